The molecule has 0 bridgehead atoms. The van der Waals surface area contributed by atoms with Crippen molar-refractivity contribution in [2.24, 2.45) is 0 Å². The topological polar surface area (TPSA) is 38.0 Å². The fourth-order valence-corrected chi connectivity index (χ4v) is 9.15. The quantitative estimate of drug-likeness (QED) is 0.594. The zero-order chi connectivity index (χ0) is 16.5. The van der Waals surface area contributed by atoms with Crippen molar-refractivity contribution in [1.29, 1.82) is 0 Å². The van der Waals surface area contributed by atoms with Gasteiger partial charge in [0.15, 0.2) is 8.07 Å². The van der Waals surface area contributed by atoms with Crippen LogP contribution in [0.1, 0.15) is 20.8 Å². The van der Waals surface area contributed by atoms with E-state index < -0.39 is 8.07 Å². The molecule has 4 heteroatoms. The fourth-order valence-electron chi connectivity index (χ4n) is 3.66. The molecule has 0 atom stereocenters. The minimum atomic E-state index is -2.47. The van der Waals surface area contributed by atoms with Gasteiger partial charge in [0.1, 0.15) is 0 Å². The van der Waals surface area contributed by atoms with Gasteiger partial charge in [-0.25, -0.2) is 0 Å². The SMILES string of the molecule is CC(C)(C)[Si](c1ccccc1)(c1ccccc1)c1ccnn1O. The molecule has 1 N–H and O–H groups in total. The summed E-state index contributed by atoms with van der Waals surface area (Å²) in [6.07, 6.45) is 1.68. The molecule has 118 valence electrons. The third kappa shape index (κ3) is 2.39. The Morgan fingerprint density at radius 3 is 1.65 bits per heavy atom. The molecule has 0 fully saturated rings. The number of rotatable bonds is 3. The highest BCUT2D eigenvalue weighted by Gasteiger charge is 2.51. The summed E-state index contributed by atoms with van der Waals surface area (Å²) in [5, 5.41) is 17.9. The van der Waals surface area contributed by atoms with Gasteiger partial charge < -0.3 is 5.21 Å². The van der Waals surface area contributed by atoms with Crippen molar-refractivity contribution in [1.82, 2.24) is 9.94 Å². The molecule has 0 radical (unpaired) electrons. The molecule has 3 rings (SSSR count). The zero-order valence-corrected chi connectivity index (χ0v) is 14.8. The standard InChI is InChI=1S/C19H22N2OSi/c1-19(2,3)23(16-10-6-4-7-11-16,17-12-8-5-9-13-17)18-14-15-20-21(18)22/h4-15,22H,1-3H3. The predicted molar refractivity (Wildman–Crippen MR) is 96.7 cm³/mol. The van der Waals surface area contributed by atoms with Crippen LogP contribution in [0.2, 0.25) is 5.04 Å². The van der Waals surface area contributed by atoms with Crippen molar-refractivity contribution in [3.63, 3.8) is 0 Å². The Hall–Kier alpha value is -2.33. The monoisotopic (exact) mass is 322 g/mol. The highest BCUT2D eigenvalue weighted by Crippen LogP contribution is 2.35. The number of aromatic nitrogens is 2. The lowest BCUT2D eigenvalue weighted by atomic mass is 10.2. The molecule has 0 unspecified atom stereocenters. The first-order valence-electron chi connectivity index (χ1n) is 7.83. The van der Waals surface area contributed by atoms with Gasteiger partial charge in [-0.3, -0.25) is 0 Å². The lowest BCUT2D eigenvalue weighted by Crippen LogP contribution is -2.73. The maximum atomic E-state index is 10.4. The minimum Gasteiger partial charge on any atom is -0.412 e. The fraction of sp³-hybridized carbons (Fsp3) is 0.211. The summed E-state index contributed by atoms with van der Waals surface area (Å²) in [5.41, 5.74) is 0. The normalized spacial score (nSPS) is 12.3. The van der Waals surface area contributed by atoms with Crippen LogP contribution in [-0.4, -0.2) is 23.2 Å². The molecular weight excluding hydrogens is 300 g/mol. The summed E-state index contributed by atoms with van der Waals surface area (Å²) in [6.45, 7) is 6.77. The van der Waals surface area contributed by atoms with Crippen LogP contribution in [0.5, 0.6) is 0 Å². The summed E-state index contributed by atoms with van der Waals surface area (Å²) in [5.74, 6) is 0. The van der Waals surface area contributed by atoms with E-state index in [1.54, 1.807) is 6.20 Å². The van der Waals surface area contributed by atoms with Crippen molar-refractivity contribution in [3.05, 3.63) is 72.9 Å². The highest BCUT2D eigenvalue weighted by atomic mass is 28.3. The predicted octanol–water partition coefficient (Wildman–Crippen LogP) is 2.39. The van der Waals surface area contributed by atoms with E-state index >= 15 is 0 Å². The molecule has 0 saturated carbocycles. The molecule has 1 heterocycles. The molecule has 0 saturated heterocycles. The van der Waals surface area contributed by atoms with Crippen LogP contribution in [0, 0.1) is 0 Å². The van der Waals surface area contributed by atoms with Crippen LogP contribution in [0.4, 0.5) is 0 Å². The van der Waals surface area contributed by atoms with Gasteiger partial charge in [0.05, 0.1) is 11.5 Å². The van der Waals surface area contributed by atoms with Gasteiger partial charge in [0.2, 0.25) is 0 Å². The third-order valence-corrected chi connectivity index (χ3v) is 10.3. The molecule has 0 amide bonds. The van der Waals surface area contributed by atoms with E-state index in [1.165, 1.54) is 10.4 Å². The molecule has 0 aliphatic heterocycles. The third-order valence-electron chi connectivity index (χ3n) is 4.55. The van der Waals surface area contributed by atoms with Gasteiger partial charge in [-0.2, -0.15) is 0 Å². The molecule has 0 spiro atoms. The molecule has 2 aromatic carbocycles. The Morgan fingerprint density at radius 2 is 1.30 bits per heavy atom. The number of hydrogen-bond donors (Lipinski definition) is 1. The maximum absolute atomic E-state index is 10.4. The molecule has 3 aromatic rings. The Balaban J connectivity index is 2.43. The van der Waals surface area contributed by atoms with Gasteiger partial charge in [-0.15, -0.1) is 9.94 Å². The molecule has 0 aliphatic carbocycles. The van der Waals surface area contributed by atoms with Gasteiger partial charge in [-0.1, -0.05) is 81.4 Å². The smallest absolute Gasteiger partial charge is 0.181 e. The maximum Gasteiger partial charge on any atom is 0.181 e. The van der Waals surface area contributed by atoms with Crippen molar-refractivity contribution < 1.29 is 5.21 Å². The second kappa shape index (κ2) is 5.70. The van der Waals surface area contributed by atoms with Crippen molar-refractivity contribution in [2.75, 3.05) is 0 Å². The Labute approximate surface area is 138 Å². The van der Waals surface area contributed by atoms with E-state index in [9.17, 15) is 5.21 Å². The van der Waals surface area contributed by atoms with Crippen LogP contribution < -0.4 is 15.7 Å². The van der Waals surface area contributed by atoms with E-state index in [2.05, 4.69) is 74.4 Å². The van der Waals surface area contributed by atoms with E-state index in [0.717, 1.165) is 10.2 Å². The molecule has 0 aliphatic rings. The summed E-state index contributed by atoms with van der Waals surface area (Å²) < 4.78 is 0. The van der Waals surface area contributed by atoms with Crippen LogP contribution in [-0.2, 0) is 0 Å². The summed E-state index contributed by atoms with van der Waals surface area (Å²) >= 11 is 0. The zero-order valence-electron chi connectivity index (χ0n) is 13.8. The van der Waals surface area contributed by atoms with Crippen molar-refractivity contribution in [2.45, 2.75) is 25.8 Å². The van der Waals surface area contributed by atoms with Crippen molar-refractivity contribution in [3.8, 4) is 0 Å². The van der Waals surface area contributed by atoms with Gasteiger partial charge in [-0.05, 0) is 21.5 Å². The number of nitrogens with zero attached hydrogens (tertiary/aromatic N) is 2. The Kier molecular flexibility index (Phi) is 3.86. The lowest BCUT2D eigenvalue weighted by Gasteiger charge is -2.43. The highest BCUT2D eigenvalue weighted by molar-refractivity contribution is 7.12. The molecule has 3 nitrogen and oxygen atoms in total. The first-order chi connectivity index (χ1) is 11.0. The number of benzene rings is 2. The van der Waals surface area contributed by atoms with E-state index in [1.807, 2.05) is 18.2 Å². The van der Waals surface area contributed by atoms with Crippen LogP contribution in [0.15, 0.2) is 72.9 Å². The van der Waals surface area contributed by atoms with Crippen LogP contribution >= 0.6 is 0 Å². The first kappa shape index (κ1) is 15.6. The number of hydrogen-bond acceptors (Lipinski definition) is 2. The van der Waals surface area contributed by atoms with Crippen molar-refractivity contribution >= 4 is 23.8 Å². The van der Waals surface area contributed by atoms with Gasteiger partial charge >= 0.3 is 0 Å². The summed E-state index contributed by atoms with van der Waals surface area (Å²) in [7, 11) is -2.47. The van der Waals surface area contributed by atoms with E-state index in [-0.39, 0.29) is 5.04 Å². The summed E-state index contributed by atoms with van der Waals surface area (Å²) in [6, 6.07) is 23.0. The second-order valence-corrected chi connectivity index (χ2v) is 11.5. The largest absolute Gasteiger partial charge is 0.412 e. The Bertz CT molecular complexity index is 736. The van der Waals surface area contributed by atoms with Gasteiger partial charge in [0.25, 0.3) is 0 Å². The van der Waals surface area contributed by atoms with Crippen LogP contribution in [0.3, 0.4) is 0 Å². The van der Waals surface area contributed by atoms with Gasteiger partial charge in [0, 0.05) is 0 Å². The van der Waals surface area contributed by atoms with Crippen LogP contribution in [0.25, 0.3) is 0 Å². The molecule has 23 heavy (non-hydrogen) atoms. The first-order valence-corrected chi connectivity index (χ1v) is 9.83. The second-order valence-electron chi connectivity index (χ2n) is 6.84. The minimum absolute atomic E-state index is 0.0454. The molecule has 1 aromatic heterocycles. The average Bonchev–Trinajstić information content (AvgIpc) is 2.95. The Morgan fingerprint density at radius 1 is 0.826 bits per heavy atom. The molecular formula is C19H22N2OSi. The lowest BCUT2D eigenvalue weighted by molar-refractivity contribution is 0.157. The van der Waals surface area contributed by atoms with E-state index in [4.69, 9.17) is 0 Å². The summed E-state index contributed by atoms with van der Waals surface area (Å²) in [4.78, 5) is 1.07. The average molecular weight is 322 g/mol. The van der Waals surface area contributed by atoms with E-state index in [0.29, 0.717) is 0 Å².